The first kappa shape index (κ1) is 9.44. The van der Waals surface area contributed by atoms with Gasteiger partial charge in [0.05, 0.1) is 6.54 Å². The molecule has 12 heavy (non-hydrogen) atoms. The molecule has 1 fully saturated rings. The number of hydrogen-bond acceptors (Lipinski definition) is 4. The molecule has 1 rings (SSSR count). The number of likely N-dealkylation sites (N-methyl/N-ethyl adjacent to an activating group) is 1. The van der Waals surface area contributed by atoms with Crippen LogP contribution in [0.3, 0.4) is 0 Å². The third-order valence-electron chi connectivity index (χ3n) is 2.11. The van der Waals surface area contributed by atoms with Crippen LogP contribution in [0, 0.1) is 0 Å². The van der Waals surface area contributed by atoms with E-state index in [-0.39, 0.29) is 12.5 Å². The molecule has 5 heteroatoms. The smallest absolute Gasteiger partial charge is 0.238 e. The lowest BCUT2D eigenvalue weighted by atomic mass is 10.3. The number of nitrogens with one attached hydrogen (secondary N) is 1. The molecule has 5 nitrogen and oxygen atoms in total. The molecule has 70 valence electrons. The van der Waals surface area contributed by atoms with Crippen LogP contribution < -0.4 is 11.3 Å². The Hall–Kier alpha value is -0.650. The lowest BCUT2D eigenvalue weighted by Crippen LogP contribution is -2.50. The molecule has 0 radical (unpaired) electrons. The van der Waals surface area contributed by atoms with E-state index in [0.717, 1.165) is 26.2 Å². The summed E-state index contributed by atoms with van der Waals surface area (Å²) in [4.78, 5) is 15.3. The Morgan fingerprint density at radius 1 is 1.42 bits per heavy atom. The molecule has 0 aromatic rings. The first-order valence-electron chi connectivity index (χ1n) is 4.14. The van der Waals surface area contributed by atoms with Crippen LogP contribution >= 0.6 is 0 Å². The van der Waals surface area contributed by atoms with E-state index in [0.29, 0.717) is 0 Å². The Labute approximate surface area is 72.5 Å². The quantitative estimate of drug-likeness (QED) is 0.382. The van der Waals surface area contributed by atoms with Crippen molar-refractivity contribution in [2.75, 3.05) is 39.8 Å². The Morgan fingerprint density at radius 2 is 2.00 bits per heavy atom. The Balaban J connectivity index is 2.29. The van der Waals surface area contributed by atoms with E-state index >= 15 is 0 Å². The fraction of sp³-hybridized carbons (Fsp3) is 0.857. The second kappa shape index (κ2) is 4.39. The van der Waals surface area contributed by atoms with E-state index in [1.54, 1.807) is 0 Å². The highest BCUT2D eigenvalue weighted by Crippen LogP contribution is 1.98. The summed E-state index contributed by atoms with van der Waals surface area (Å²) >= 11 is 0. The topological polar surface area (TPSA) is 61.6 Å². The molecule has 0 aromatic heterocycles. The molecule has 0 atom stereocenters. The van der Waals surface area contributed by atoms with Crippen LogP contribution in [0.5, 0.6) is 0 Å². The molecule has 0 saturated carbocycles. The minimum atomic E-state index is 0.0885. The fourth-order valence-electron chi connectivity index (χ4n) is 1.25. The molecular formula is C7H16N4O. The van der Waals surface area contributed by atoms with Gasteiger partial charge < -0.3 is 9.80 Å². The minimum absolute atomic E-state index is 0.0885. The lowest BCUT2D eigenvalue weighted by Gasteiger charge is -2.32. The highest BCUT2D eigenvalue weighted by molar-refractivity contribution is 5.78. The first-order valence-corrected chi connectivity index (χ1v) is 4.14. The number of amides is 1. The molecule has 0 bridgehead atoms. The standard InChI is InChI=1S/C7H16N4O/c1-10-2-4-11(5-3-10)7(12)6-9-8/h9H,2-6,8H2,1H3. The van der Waals surface area contributed by atoms with Crippen molar-refractivity contribution in [3.05, 3.63) is 0 Å². The number of piperazine rings is 1. The van der Waals surface area contributed by atoms with Crippen LogP contribution in [0.4, 0.5) is 0 Å². The summed E-state index contributed by atoms with van der Waals surface area (Å²) in [7, 11) is 2.06. The van der Waals surface area contributed by atoms with Gasteiger partial charge in [0, 0.05) is 26.2 Å². The van der Waals surface area contributed by atoms with Crippen molar-refractivity contribution >= 4 is 5.91 Å². The van der Waals surface area contributed by atoms with Gasteiger partial charge in [-0.2, -0.15) is 0 Å². The number of nitrogens with zero attached hydrogens (tertiary/aromatic N) is 2. The zero-order chi connectivity index (χ0) is 8.97. The summed E-state index contributed by atoms with van der Waals surface area (Å²) in [5.74, 6) is 5.14. The maximum atomic E-state index is 11.3. The molecule has 0 spiro atoms. The molecule has 1 heterocycles. The van der Waals surface area contributed by atoms with Gasteiger partial charge in [-0.25, -0.2) is 0 Å². The van der Waals surface area contributed by atoms with Gasteiger partial charge in [0.2, 0.25) is 5.91 Å². The summed E-state index contributed by atoms with van der Waals surface area (Å²) in [5.41, 5.74) is 2.37. The molecule has 1 saturated heterocycles. The molecule has 1 aliphatic rings. The van der Waals surface area contributed by atoms with Crippen molar-refractivity contribution in [3.63, 3.8) is 0 Å². The largest absolute Gasteiger partial charge is 0.339 e. The van der Waals surface area contributed by atoms with E-state index in [1.807, 2.05) is 4.90 Å². The zero-order valence-electron chi connectivity index (χ0n) is 7.42. The van der Waals surface area contributed by atoms with Crippen molar-refractivity contribution in [3.8, 4) is 0 Å². The highest BCUT2D eigenvalue weighted by Gasteiger charge is 2.17. The Kier molecular flexibility index (Phi) is 3.46. The van der Waals surface area contributed by atoms with Gasteiger partial charge in [-0.3, -0.25) is 16.1 Å². The van der Waals surface area contributed by atoms with Crippen LogP contribution in [0.2, 0.25) is 0 Å². The molecule has 1 aliphatic heterocycles. The number of hydrogen-bond donors (Lipinski definition) is 2. The lowest BCUT2D eigenvalue weighted by molar-refractivity contribution is -0.131. The summed E-state index contributed by atoms with van der Waals surface area (Å²) in [6, 6.07) is 0. The van der Waals surface area contributed by atoms with Crippen LogP contribution in [-0.4, -0.2) is 55.5 Å². The highest BCUT2D eigenvalue weighted by atomic mass is 16.2. The third kappa shape index (κ3) is 2.44. The van der Waals surface area contributed by atoms with E-state index in [4.69, 9.17) is 5.84 Å². The van der Waals surface area contributed by atoms with Gasteiger partial charge in [-0.15, -0.1) is 0 Å². The maximum absolute atomic E-state index is 11.3. The molecule has 1 amide bonds. The number of rotatable bonds is 2. The van der Waals surface area contributed by atoms with E-state index in [2.05, 4.69) is 17.4 Å². The van der Waals surface area contributed by atoms with Crippen molar-refractivity contribution in [1.29, 1.82) is 0 Å². The summed E-state index contributed by atoms with van der Waals surface area (Å²) in [6.07, 6.45) is 0. The summed E-state index contributed by atoms with van der Waals surface area (Å²) in [5, 5.41) is 0. The van der Waals surface area contributed by atoms with Crippen LogP contribution in [0.25, 0.3) is 0 Å². The fourth-order valence-corrected chi connectivity index (χ4v) is 1.25. The molecular weight excluding hydrogens is 156 g/mol. The van der Waals surface area contributed by atoms with Crippen molar-refractivity contribution < 1.29 is 4.79 Å². The SMILES string of the molecule is CN1CCN(C(=O)CNN)CC1. The van der Waals surface area contributed by atoms with E-state index in [9.17, 15) is 4.79 Å². The van der Waals surface area contributed by atoms with E-state index in [1.165, 1.54) is 0 Å². The second-order valence-corrected chi connectivity index (χ2v) is 3.06. The average molecular weight is 172 g/mol. The van der Waals surface area contributed by atoms with Gasteiger partial charge in [0.15, 0.2) is 0 Å². The van der Waals surface area contributed by atoms with E-state index < -0.39 is 0 Å². The normalized spacial score (nSPS) is 19.7. The van der Waals surface area contributed by atoms with Gasteiger partial charge in [0.25, 0.3) is 0 Å². The zero-order valence-corrected chi connectivity index (χ0v) is 7.42. The van der Waals surface area contributed by atoms with Gasteiger partial charge in [-0.05, 0) is 7.05 Å². The molecule has 0 aliphatic carbocycles. The molecule has 3 N–H and O–H groups in total. The molecule has 0 aromatic carbocycles. The second-order valence-electron chi connectivity index (χ2n) is 3.06. The maximum Gasteiger partial charge on any atom is 0.238 e. The third-order valence-corrected chi connectivity index (χ3v) is 2.11. The van der Waals surface area contributed by atoms with Gasteiger partial charge in [0.1, 0.15) is 0 Å². The predicted molar refractivity (Wildman–Crippen MR) is 46.3 cm³/mol. The Bertz CT molecular complexity index is 153. The van der Waals surface area contributed by atoms with Crippen molar-refractivity contribution in [2.45, 2.75) is 0 Å². The minimum Gasteiger partial charge on any atom is -0.339 e. The number of hydrazine groups is 1. The van der Waals surface area contributed by atoms with Crippen molar-refractivity contribution in [1.82, 2.24) is 15.2 Å². The summed E-state index contributed by atoms with van der Waals surface area (Å²) < 4.78 is 0. The van der Waals surface area contributed by atoms with Gasteiger partial charge in [-0.1, -0.05) is 0 Å². The van der Waals surface area contributed by atoms with Crippen LogP contribution in [0.15, 0.2) is 0 Å². The number of nitrogens with two attached hydrogens (primary N) is 1. The van der Waals surface area contributed by atoms with Crippen LogP contribution in [-0.2, 0) is 4.79 Å². The predicted octanol–water partition coefficient (Wildman–Crippen LogP) is -1.78. The first-order chi connectivity index (χ1) is 5.74. The van der Waals surface area contributed by atoms with Crippen molar-refractivity contribution in [2.24, 2.45) is 5.84 Å². The average Bonchev–Trinajstić information content (AvgIpc) is 2.06. The monoisotopic (exact) mass is 172 g/mol. The number of carbonyl (C=O) groups is 1. The van der Waals surface area contributed by atoms with Crippen LogP contribution in [0.1, 0.15) is 0 Å². The number of carbonyl (C=O) groups excluding carboxylic acids is 1. The summed E-state index contributed by atoms with van der Waals surface area (Å²) in [6.45, 7) is 3.78. The Morgan fingerprint density at radius 3 is 2.50 bits per heavy atom. The van der Waals surface area contributed by atoms with Gasteiger partial charge >= 0.3 is 0 Å². The molecule has 0 unspecified atom stereocenters.